The Morgan fingerprint density at radius 1 is 1.38 bits per heavy atom. The Bertz CT molecular complexity index is 756. The lowest BCUT2D eigenvalue weighted by atomic mass is 10.1. The van der Waals surface area contributed by atoms with E-state index in [-0.39, 0.29) is 12.5 Å². The summed E-state index contributed by atoms with van der Waals surface area (Å²) in [4.78, 5) is 35.0. The number of rotatable bonds is 5. The minimum atomic E-state index is -1.53. The highest BCUT2D eigenvalue weighted by atomic mass is 16.7. The molecule has 3 amide bonds. The quantitative estimate of drug-likeness (QED) is 0.568. The van der Waals surface area contributed by atoms with Crippen LogP contribution in [0.1, 0.15) is 12.5 Å². The van der Waals surface area contributed by atoms with E-state index >= 15 is 0 Å². The van der Waals surface area contributed by atoms with E-state index < -0.39 is 24.5 Å². The van der Waals surface area contributed by atoms with E-state index in [0.717, 1.165) is 0 Å². The van der Waals surface area contributed by atoms with Gasteiger partial charge in [-0.05, 0) is 19.1 Å². The number of carbonyl (C=O) groups excluding carboxylic acids is 3. The predicted molar refractivity (Wildman–Crippen MR) is 77.0 cm³/mol. The van der Waals surface area contributed by atoms with Crippen LogP contribution >= 0.6 is 0 Å². The summed E-state index contributed by atoms with van der Waals surface area (Å²) in [6.07, 6.45) is 1.39. The summed E-state index contributed by atoms with van der Waals surface area (Å²) in [6.45, 7) is 1.44. The summed E-state index contributed by atoms with van der Waals surface area (Å²) in [7, 11) is 0. The molecule has 1 fully saturated rings. The minimum absolute atomic E-state index is 0.0685. The molecule has 0 saturated carbocycles. The molecule has 0 atom stereocenters. The maximum absolute atomic E-state index is 12.1. The number of carboxylic acids is 1. The average molecular weight is 333 g/mol. The number of carboxylic acid groups (broad SMARTS) is 1. The molecule has 24 heavy (non-hydrogen) atoms. The molecule has 2 aliphatic heterocycles. The van der Waals surface area contributed by atoms with Gasteiger partial charge in [0.05, 0.1) is 19.1 Å². The molecule has 2 heterocycles. The SMILES string of the molecule is CCOc1cc2c(cc1/C=C1/NC(=O)N(CC(=O)[O-])C1=O)OCO2. The summed E-state index contributed by atoms with van der Waals surface area (Å²) < 4.78 is 16.1. The van der Waals surface area contributed by atoms with E-state index in [1.54, 1.807) is 19.1 Å². The highest BCUT2D eigenvalue weighted by Gasteiger charge is 2.33. The van der Waals surface area contributed by atoms with Gasteiger partial charge in [0, 0.05) is 11.6 Å². The predicted octanol–water partition coefficient (Wildman–Crippen LogP) is -0.543. The number of benzene rings is 1. The zero-order valence-corrected chi connectivity index (χ0v) is 12.7. The zero-order chi connectivity index (χ0) is 17.3. The van der Waals surface area contributed by atoms with Crippen LogP contribution in [0.4, 0.5) is 4.79 Å². The van der Waals surface area contributed by atoms with E-state index in [2.05, 4.69) is 5.32 Å². The smallest absolute Gasteiger partial charge is 0.329 e. The third kappa shape index (κ3) is 2.83. The molecule has 0 bridgehead atoms. The van der Waals surface area contributed by atoms with Crippen molar-refractivity contribution in [2.75, 3.05) is 19.9 Å². The van der Waals surface area contributed by atoms with Crippen LogP contribution in [-0.4, -0.2) is 42.8 Å². The van der Waals surface area contributed by atoms with Crippen molar-refractivity contribution in [2.24, 2.45) is 0 Å². The number of amides is 3. The fourth-order valence-corrected chi connectivity index (χ4v) is 2.33. The number of fused-ring (bicyclic) bond motifs is 1. The second-order valence-electron chi connectivity index (χ2n) is 4.93. The molecule has 1 N–H and O–H groups in total. The van der Waals surface area contributed by atoms with Crippen molar-refractivity contribution >= 4 is 24.0 Å². The van der Waals surface area contributed by atoms with Crippen molar-refractivity contribution in [1.29, 1.82) is 0 Å². The number of nitrogens with zero attached hydrogens (tertiary/aromatic N) is 1. The van der Waals surface area contributed by atoms with Gasteiger partial charge in [0.25, 0.3) is 5.91 Å². The first-order chi connectivity index (χ1) is 11.5. The van der Waals surface area contributed by atoms with Gasteiger partial charge in [-0.25, -0.2) is 4.79 Å². The lowest BCUT2D eigenvalue weighted by Crippen LogP contribution is -2.41. The highest BCUT2D eigenvalue weighted by Crippen LogP contribution is 2.39. The zero-order valence-electron chi connectivity index (χ0n) is 12.7. The molecule has 0 aliphatic carbocycles. The molecule has 0 unspecified atom stereocenters. The van der Waals surface area contributed by atoms with Crippen LogP contribution in [0.25, 0.3) is 6.08 Å². The largest absolute Gasteiger partial charge is 0.548 e. The van der Waals surface area contributed by atoms with Gasteiger partial charge >= 0.3 is 6.03 Å². The molecule has 1 aromatic rings. The summed E-state index contributed by atoms with van der Waals surface area (Å²) in [5.74, 6) is -0.855. The number of hydrogen-bond donors (Lipinski definition) is 1. The van der Waals surface area contributed by atoms with Gasteiger partial charge < -0.3 is 29.4 Å². The molecule has 1 saturated heterocycles. The molecule has 9 nitrogen and oxygen atoms in total. The summed E-state index contributed by atoms with van der Waals surface area (Å²) >= 11 is 0. The Hall–Kier alpha value is -3.23. The number of nitrogens with one attached hydrogen (secondary N) is 1. The molecule has 3 rings (SSSR count). The first-order valence-electron chi connectivity index (χ1n) is 7.10. The Labute approximate surface area is 136 Å². The van der Waals surface area contributed by atoms with Crippen LogP contribution in [0.15, 0.2) is 17.8 Å². The average Bonchev–Trinajstić information content (AvgIpc) is 3.07. The van der Waals surface area contributed by atoms with Crippen molar-refractivity contribution in [1.82, 2.24) is 10.2 Å². The Kier molecular flexibility index (Phi) is 3.98. The van der Waals surface area contributed by atoms with Gasteiger partial charge in [0.2, 0.25) is 6.79 Å². The third-order valence-corrected chi connectivity index (χ3v) is 3.35. The summed E-state index contributed by atoms with van der Waals surface area (Å²) in [5.41, 5.74) is 0.418. The number of hydrogen-bond acceptors (Lipinski definition) is 7. The Morgan fingerprint density at radius 2 is 2.08 bits per heavy atom. The molecule has 0 spiro atoms. The third-order valence-electron chi connectivity index (χ3n) is 3.35. The van der Waals surface area contributed by atoms with Crippen LogP contribution in [0.5, 0.6) is 17.2 Å². The number of carbonyl (C=O) groups is 3. The van der Waals surface area contributed by atoms with Crippen molar-refractivity contribution in [3.63, 3.8) is 0 Å². The fourth-order valence-electron chi connectivity index (χ4n) is 2.33. The minimum Gasteiger partial charge on any atom is -0.548 e. The second-order valence-corrected chi connectivity index (χ2v) is 4.93. The van der Waals surface area contributed by atoms with Gasteiger partial charge in [-0.2, -0.15) is 0 Å². The van der Waals surface area contributed by atoms with Crippen LogP contribution in [0, 0.1) is 0 Å². The van der Waals surface area contributed by atoms with Crippen LogP contribution < -0.4 is 24.6 Å². The van der Waals surface area contributed by atoms with Crippen molar-refractivity contribution in [3.05, 3.63) is 23.4 Å². The van der Waals surface area contributed by atoms with Crippen LogP contribution in [0.2, 0.25) is 0 Å². The van der Waals surface area contributed by atoms with Gasteiger partial charge in [0.15, 0.2) is 11.5 Å². The van der Waals surface area contributed by atoms with Crippen LogP contribution in [0.3, 0.4) is 0 Å². The topological polar surface area (TPSA) is 117 Å². The van der Waals surface area contributed by atoms with Crippen molar-refractivity contribution < 1.29 is 33.7 Å². The molecular formula is C15H13N2O7-. The van der Waals surface area contributed by atoms with Crippen molar-refractivity contribution in [3.8, 4) is 17.2 Å². The van der Waals surface area contributed by atoms with E-state index in [9.17, 15) is 19.5 Å². The second kappa shape index (κ2) is 6.11. The van der Waals surface area contributed by atoms with Gasteiger partial charge in [-0.1, -0.05) is 0 Å². The Balaban J connectivity index is 1.95. The molecule has 126 valence electrons. The van der Waals surface area contributed by atoms with Gasteiger partial charge in [-0.15, -0.1) is 0 Å². The van der Waals surface area contributed by atoms with E-state index in [0.29, 0.717) is 34.3 Å². The van der Waals surface area contributed by atoms with Gasteiger partial charge in [-0.3, -0.25) is 9.69 Å². The van der Waals surface area contributed by atoms with E-state index in [1.807, 2.05) is 0 Å². The Morgan fingerprint density at radius 3 is 2.75 bits per heavy atom. The molecular weight excluding hydrogens is 320 g/mol. The summed E-state index contributed by atoms with van der Waals surface area (Å²) in [6, 6.07) is 2.41. The fraction of sp³-hybridized carbons (Fsp3) is 0.267. The lowest BCUT2D eigenvalue weighted by molar-refractivity contribution is -0.305. The van der Waals surface area contributed by atoms with Crippen molar-refractivity contribution in [2.45, 2.75) is 6.92 Å². The van der Waals surface area contributed by atoms with Gasteiger partial charge in [0.1, 0.15) is 11.4 Å². The normalized spacial score (nSPS) is 17.4. The number of urea groups is 1. The number of ether oxygens (including phenoxy) is 3. The molecule has 2 aliphatic rings. The highest BCUT2D eigenvalue weighted by molar-refractivity contribution is 6.15. The van der Waals surface area contributed by atoms with E-state index in [1.165, 1.54) is 6.08 Å². The number of imide groups is 1. The maximum atomic E-state index is 12.1. The first-order valence-corrected chi connectivity index (χ1v) is 7.10. The first kappa shape index (κ1) is 15.7. The maximum Gasteiger partial charge on any atom is 0.329 e. The monoisotopic (exact) mass is 333 g/mol. The van der Waals surface area contributed by atoms with Crippen LogP contribution in [-0.2, 0) is 9.59 Å². The number of aliphatic carboxylic acids is 1. The summed E-state index contributed by atoms with van der Waals surface area (Å²) in [5, 5.41) is 12.9. The molecule has 9 heteroatoms. The molecule has 1 aromatic carbocycles. The molecule has 0 radical (unpaired) electrons. The van der Waals surface area contributed by atoms with E-state index in [4.69, 9.17) is 14.2 Å². The molecule has 0 aromatic heterocycles. The standard InChI is InChI=1S/C15H14N2O7/c1-2-22-10-5-12-11(23-7-24-12)4-8(10)3-9-14(20)17(6-13(18)19)15(21)16-9/h3-5H,2,6-7H2,1H3,(H,16,21)(H,18,19)/p-1/b9-3+. The lowest BCUT2D eigenvalue weighted by Gasteiger charge is -2.11.